The second kappa shape index (κ2) is 7.56. The van der Waals surface area contributed by atoms with Crippen LogP contribution in [0.5, 0.6) is 0 Å². The van der Waals surface area contributed by atoms with Gasteiger partial charge in [0.05, 0.1) is 0 Å². The van der Waals surface area contributed by atoms with E-state index in [1.165, 1.54) is 0 Å². The van der Waals surface area contributed by atoms with Gasteiger partial charge in [0.15, 0.2) is 0 Å². The Bertz CT molecular complexity index is 686. The summed E-state index contributed by atoms with van der Waals surface area (Å²) in [5.74, 6) is -1.47. The zero-order valence-corrected chi connectivity index (χ0v) is 14.6. The van der Waals surface area contributed by atoms with Crippen molar-refractivity contribution in [1.29, 1.82) is 0 Å². The molecule has 1 atom stereocenters. The molecule has 6 heteroatoms. The summed E-state index contributed by atoms with van der Waals surface area (Å²) >= 11 is 6.61. The van der Waals surface area contributed by atoms with E-state index in [1.807, 2.05) is 24.3 Å². The van der Waals surface area contributed by atoms with E-state index in [4.69, 9.17) is 0 Å². The lowest BCUT2D eigenvalue weighted by Gasteiger charge is -2.15. The molecule has 2 N–H and O–H groups in total. The Balaban J connectivity index is 2.10. The van der Waals surface area contributed by atoms with Crippen LogP contribution in [0.1, 0.15) is 15.9 Å². The summed E-state index contributed by atoms with van der Waals surface area (Å²) in [6.45, 7) is 0. The molecule has 0 fully saturated rings. The molecule has 0 aliphatic rings. The molecule has 2 aromatic carbocycles. The topological polar surface area (TPSA) is 66.4 Å². The highest BCUT2D eigenvalue weighted by Crippen LogP contribution is 2.14. The van der Waals surface area contributed by atoms with Crippen LogP contribution in [-0.2, 0) is 11.2 Å². The van der Waals surface area contributed by atoms with E-state index in [0.717, 1.165) is 14.5 Å². The third-order valence-electron chi connectivity index (χ3n) is 3.04. The number of hydrogen-bond acceptors (Lipinski definition) is 2. The quantitative estimate of drug-likeness (QED) is 0.766. The minimum Gasteiger partial charge on any atom is -0.480 e. The molecule has 0 spiro atoms. The van der Waals surface area contributed by atoms with E-state index in [2.05, 4.69) is 37.2 Å². The van der Waals surface area contributed by atoms with Gasteiger partial charge in [-0.3, -0.25) is 4.79 Å². The molecular formula is C16H13Br2NO3. The number of benzene rings is 2. The van der Waals surface area contributed by atoms with Crippen molar-refractivity contribution in [3.05, 3.63) is 68.6 Å². The number of carbonyl (C=O) groups excluding carboxylic acids is 1. The lowest BCUT2D eigenvalue weighted by atomic mass is 10.1. The number of aliphatic carboxylic acids is 1. The van der Waals surface area contributed by atoms with E-state index >= 15 is 0 Å². The van der Waals surface area contributed by atoms with Crippen LogP contribution >= 0.6 is 31.9 Å². The summed E-state index contributed by atoms with van der Waals surface area (Å²) in [6.07, 6.45) is 0.225. The highest BCUT2D eigenvalue weighted by molar-refractivity contribution is 9.10. The van der Waals surface area contributed by atoms with Crippen LogP contribution in [0.4, 0.5) is 0 Å². The summed E-state index contributed by atoms with van der Waals surface area (Å²) in [7, 11) is 0. The monoisotopic (exact) mass is 425 g/mol. The first-order valence-corrected chi connectivity index (χ1v) is 8.08. The van der Waals surface area contributed by atoms with E-state index in [9.17, 15) is 14.7 Å². The van der Waals surface area contributed by atoms with Crippen LogP contribution < -0.4 is 5.32 Å². The Hall–Kier alpha value is -1.66. The fourth-order valence-corrected chi connectivity index (χ4v) is 2.59. The van der Waals surface area contributed by atoms with E-state index < -0.39 is 17.9 Å². The maximum atomic E-state index is 12.2. The lowest BCUT2D eigenvalue weighted by Crippen LogP contribution is -2.42. The number of carbonyl (C=O) groups is 2. The Labute approximate surface area is 144 Å². The Kier molecular flexibility index (Phi) is 5.74. The molecule has 114 valence electrons. The van der Waals surface area contributed by atoms with Gasteiger partial charge in [0, 0.05) is 20.9 Å². The fourth-order valence-electron chi connectivity index (χ4n) is 1.93. The molecule has 2 rings (SSSR count). The number of hydrogen-bond donors (Lipinski definition) is 2. The first-order valence-electron chi connectivity index (χ1n) is 6.49. The van der Waals surface area contributed by atoms with Gasteiger partial charge >= 0.3 is 5.97 Å². The van der Waals surface area contributed by atoms with Crippen LogP contribution in [0, 0.1) is 0 Å². The van der Waals surface area contributed by atoms with Crippen LogP contribution in [0.3, 0.4) is 0 Å². The molecule has 0 aliphatic heterocycles. The van der Waals surface area contributed by atoms with Crippen molar-refractivity contribution in [3.63, 3.8) is 0 Å². The van der Waals surface area contributed by atoms with Crippen LogP contribution in [0.25, 0.3) is 0 Å². The fraction of sp³-hybridized carbons (Fsp3) is 0.125. The number of carboxylic acid groups (broad SMARTS) is 1. The van der Waals surface area contributed by atoms with E-state index in [0.29, 0.717) is 5.56 Å². The molecule has 0 unspecified atom stereocenters. The number of carboxylic acids is 1. The third-order valence-corrected chi connectivity index (χ3v) is 4.07. The molecule has 1 amide bonds. The van der Waals surface area contributed by atoms with Gasteiger partial charge in [-0.15, -0.1) is 0 Å². The smallest absolute Gasteiger partial charge is 0.326 e. The Morgan fingerprint density at radius 3 is 2.32 bits per heavy atom. The van der Waals surface area contributed by atoms with Gasteiger partial charge in [0.2, 0.25) is 0 Å². The maximum absolute atomic E-state index is 12.2. The van der Waals surface area contributed by atoms with E-state index in [1.54, 1.807) is 24.3 Å². The first kappa shape index (κ1) is 16.7. The van der Waals surface area contributed by atoms with Gasteiger partial charge in [-0.1, -0.05) is 50.1 Å². The number of rotatable bonds is 5. The molecule has 0 heterocycles. The second-order valence-corrected chi connectivity index (χ2v) is 6.54. The minimum absolute atomic E-state index is 0.225. The average Bonchev–Trinajstić information content (AvgIpc) is 2.48. The molecule has 2 aromatic rings. The number of nitrogens with one attached hydrogen (secondary N) is 1. The van der Waals surface area contributed by atoms with Crippen molar-refractivity contribution in [3.8, 4) is 0 Å². The SMILES string of the molecule is O=C(N[C@H](Cc1ccc(Br)cc1)C(=O)O)c1cccc(Br)c1. The molecular weight excluding hydrogens is 414 g/mol. The Morgan fingerprint density at radius 1 is 1.05 bits per heavy atom. The molecule has 0 radical (unpaired) electrons. The van der Waals surface area contributed by atoms with Crippen LogP contribution in [0.2, 0.25) is 0 Å². The van der Waals surface area contributed by atoms with Crippen molar-refractivity contribution in [2.75, 3.05) is 0 Å². The van der Waals surface area contributed by atoms with Crippen molar-refractivity contribution in [2.45, 2.75) is 12.5 Å². The van der Waals surface area contributed by atoms with Crippen molar-refractivity contribution in [2.24, 2.45) is 0 Å². The van der Waals surface area contributed by atoms with E-state index in [-0.39, 0.29) is 6.42 Å². The van der Waals surface area contributed by atoms with Gasteiger partial charge < -0.3 is 10.4 Å². The molecule has 0 saturated carbocycles. The summed E-state index contributed by atoms with van der Waals surface area (Å²) in [5.41, 5.74) is 1.25. The minimum atomic E-state index is -1.06. The van der Waals surface area contributed by atoms with Crippen molar-refractivity contribution in [1.82, 2.24) is 5.32 Å². The largest absolute Gasteiger partial charge is 0.480 e. The zero-order chi connectivity index (χ0) is 16.1. The van der Waals surface area contributed by atoms with Crippen LogP contribution in [-0.4, -0.2) is 23.0 Å². The predicted molar refractivity (Wildman–Crippen MR) is 90.9 cm³/mol. The number of amides is 1. The maximum Gasteiger partial charge on any atom is 0.326 e. The highest BCUT2D eigenvalue weighted by atomic mass is 79.9. The normalized spacial score (nSPS) is 11.7. The van der Waals surface area contributed by atoms with Gasteiger partial charge in [-0.2, -0.15) is 0 Å². The van der Waals surface area contributed by atoms with Gasteiger partial charge in [-0.05, 0) is 35.9 Å². The summed E-state index contributed by atoms with van der Waals surface area (Å²) < 4.78 is 1.68. The molecule has 22 heavy (non-hydrogen) atoms. The molecule has 4 nitrogen and oxygen atoms in total. The molecule has 0 bridgehead atoms. The van der Waals surface area contributed by atoms with Gasteiger partial charge in [0.1, 0.15) is 6.04 Å². The van der Waals surface area contributed by atoms with Crippen LogP contribution in [0.15, 0.2) is 57.5 Å². The molecule has 0 aliphatic carbocycles. The molecule has 0 aromatic heterocycles. The van der Waals surface area contributed by atoms with Crippen molar-refractivity contribution < 1.29 is 14.7 Å². The summed E-state index contributed by atoms with van der Waals surface area (Å²) in [5, 5.41) is 11.9. The molecule has 0 saturated heterocycles. The first-order chi connectivity index (χ1) is 10.5. The van der Waals surface area contributed by atoms with Gasteiger partial charge in [-0.25, -0.2) is 4.79 Å². The average molecular weight is 427 g/mol. The summed E-state index contributed by atoms with van der Waals surface area (Å²) in [6, 6.07) is 13.2. The highest BCUT2D eigenvalue weighted by Gasteiger charge is 2.21. The zero-order valence-electron chi connectivity index (χ0n) is 11.4. The predicted octanol–water partition coefficient (Wildman–Crippen LogP) is 3.64. The van der Waals surface area contributed by atoms with Gasteiger partial charge in [0.25, 0.3) is 5.91 Å². The lowest BCUT2D eigenvalue weighted by molar-refractivity contribution is -0.139. The second-order valence-electron chi connectivity index (χ2n) is 4.71. The standard InChI is InChI=1S/C16H13Br2NO3/c17-12-6-4-10(5-7-12)8-14(16(21)22)19-15(20)11-2-1-3-13(18)9-11/h1-7,9,14H,8H2,(H,19,20)(H,21,22)/t14-/m1/s1. The van der Waals surface area contributed by atoms with Crippen molar-refractivity contribution >= 4 is 43.7 Å². The Morgan fingerprint density at radius 2 is 1.73 bits per heavy atom. The summed E-state index contributed by atoms with van der Waals surface area (Å²) in [4.78, 5) is 23.5. The third kappa shape index (κ3) is 4.68. The number of halogens is 2.